The van der Waals surface area contributed by atoms with Crippen LogP contribution in [0.2, 0.25) is 0 Å². The number of nitrogens with zero attached hydrogens (tertiary/aromatic N) is 1. The molecule has 5 saturated carbocycles. The largest absolute Gasteiger partial charge is 0.340 e. The molecular formula is C24H36N2O3. The van der Waals surface area contributed by atoms with E-state index in [1.54, 1.807) is 6.08 Å². The van der Waals surface area contributed by atoms with Gasteiger partial charge in [0.2, 0.25) is 5.79 Å². The summed E-state index contributed by atoms with van der Waals surface area (Å²) in [5, 5.41) is 13.3. The quantitative estimate of drug-likeness (QED) is 0.162. The van der Waals surface area contributed by atoms with E-state index >= 15 is 0 Å². The summed E-state index contributed by atoms with van der Waals surface area (Å²) in [5.74, 6) is 2.33. The lowest BCUT2D eigenvalue weighted by Crippen LogP contribution is -2.61. The van der Waals surface area contributed by atoms with Crippen molar-refractivity contribution >= 4 is 5.71 Å². The zero-order valence-electron chi connectivity index (χ0n) is 17.7. The third-order valence-electron chi connectivity index (χ3n) is 8.51. The molecular weight excluding hydrogens is 364 g/mol. The molecule has 0 amide bonds. The fourth-order valence-corrected chi connectivity index (χ4v) is 7.11. The molecule has 1 heterocycles. The van der Waals surface area contributed by atoms with Crippen molar-refractivity contribution in [1.29, 1.82) is 0 Å². The van der Waals surface area contributed by atoms with E-state index in [1.807, 2.05) is 6.08 Å². The molecule has 0 aromatic heterocycles. The second-order valence-electron chi connectivity index (χ2n) is 10.5. The van der Waals surface area contributed by atoms with Crippen LogP contribution in [0, 0.1) is 29.6 Å². The van der Waals surface area contributed by atoms with Gasteiger partial charge in [0, 0.05) is 31.0 Å². The highest BCUT2D eigenvalue weighted by Crippen LogP contribution is 2.61. The number of ether oxygens (including phenoxy) is 1. The smallest absolute Gasteiger partial charge is 0.202 e. The Morgan fingerprint density at radius 1 is 1.17 bits per heavy atom. The second-order valence-corrected chi connectivity index (χ2v) is 10.5. The molecule has 5 nitrogen and oxygen atoms in total. The maximum atomic E-state index is 10.1. The van der Waals surface area contributed by atoms with Crippen molar-refractivity contribution in [2.45, 2.75) is 82.3 Å². The lowest BCUT2D eigenvalue weighted by Gasteiger charge is -2.61. The third-order valence-corrected chi connectivity index (χ3v) is 8.51. The van der Waals surface area contributed by atoms with Gasteiger partial charge in [0.25, 0.3) is 0 Å². The van der Waals surface area contributed by atoms with E-state index in [2.05, 4.69) is 24.9 Å². The van der Waals surface area contributed by atoms with E-state index in [0.717, 1.165) is 43.4 Å². The van der Waals surface area contributed by atoms with Crippen LogP contribution in [0.1, 0.15) is 64.7 Å². The van der Waals surface area contributed by atoms with Crippen LogP contribution in [0.3, 0.4) is 0 Å². The lowest BCUT2D eigenvalue weighted by atomic mass is 9.50. The summed E-state index contributed by atoms with van der Waals surface area (Å²) >= 11 is 0. The predicted molar refractivity (Wildman–Crippen MR) is 114 cm³/mol. The Bertz CT molecular complexity index is 670. The summed E-state index contributed by atoms with van der Waals surface area (Å²) in [6, 6.07) is 0. The van der Waals surface area contributed by atoms with Crippen molar-refractivity contribution in [3.8, 4) is 0 Å². The van der Waals surface area contributed by atoms with Crippen molar-refractivity contribution in [3.63, 3.8) is 0 Å². The van der Waals surface area contributed by atoms with Crippen LogP contribution < -0.4 is 5.32 Å². The van der Waals surface area contributed by atoms with Crippen LogP contribution in [-0.4, -0.2) is 35.1 Å². The average molecular weight is 401 g/mol. The average Bonchev–Trinajstić information content (AvgIpc) is 3.53. The van der Waals surface area contributed by atoms with Gasteiger partial charge in [-0.2, -0.15) is 0 Å². The fourth-order valence-electron chi connectivity index (χ4n) is 7.11. The summed E-state index contributed by atoms with van der Waals surface area (Å²) in [5.41, 5.74) is 0.893. The van der Waals surface area contributed by atoms with Crippen molar-refractivity contribution < 1.29 is 14.9 Å². The number of hydrogen-bond donors (Lipinski definition) is 2. The monoisotopic (exact) mass is 400 g/mol. The van der Waals surface area contributed by atoms with Crippen LogP contribution in [0.25, 0.3) is 0 Å². The first kappa shape index (κ1) is 19.9. The van der Waals surface area contributed by atoms with Gasteiger partial charge in [-0.3, -0.25) is 10.3 Å². The SMILES string of the molecule is C=C/C=C\C(=NC1CN1)C1CCC[C@](OO)(OC2(C)C3CC4CC(C3)CC2C4)C1. The number of hydrogen-bond acceptors (Lipinski definition) is 5. The van der Waals surface area contributed by atoms with Gasteiger partial charge in [-0.05, 0) is 81.6 Å². The number of allylic oxidation sites excluding steroid dienone is 3. The summed E-state index contributed by atoms with van der Waals surface area (Å²) in [7, 11) is 0. The standard InChI is InChI=1S/C24H36N2O3/c1-3-4-7-21(26-22-15-25-22)18-6-5-8-24(14-18,29-27)28-23(2)19-10-16-9-17(12-19)13-20(23)11-16/h3-4,7,16-20,22,25,27H,1,5-6,8-15H2,2H3/b7-4-,26-21?/t16?,17?,18?,19?,20?,22?,23?,24-/m1/s1. The Morgan fingerprint density at radius 3 is 2.45 bits per heavy atom. The summed E-state index contributed by atoms with van der Waals surface area (Å²) in [6.45, 7) is 7.05. The van der Waals surface area contributed by atoms with Gasteiger partial charge >= 0.3 is 0 Å². The third kappa shape index (κ3) is 3.76. The fraction of sp³-hybridized carbons (Fsp3) is 0.792. The number of aliphatic imine (C=N–C) groups is 1. The van der Waals surface area contributed by atoms with Gasteiger partial charge in [-0.15, -0.1) is 0 Å². The minimum Gasteiger partial charge on any atom is -0.340 e. The molecule has 0 radical (unpaired) electrons. The van der Waals surface area contributed by atoms with E-state index in [9.17, 15) is 5.26 Å². The van der Waals surface area contributed by atoms with Crippen LogP contribution in [0.4, 0.5) is 0 Å². The van der Waals surface area contributed by atoms with Gasteiger partial charge in [0.1, 0.15) is 6.17 Å². The molecule has 0 aromatic rings. The van der Waals surface area contributed by atoms with Crippen LogP contribution in [0.15, 0.2) is 29.8 Å². The predicted octanol–water partition coefficient (Wildman–Crippen LogP) is 4.71. The van der Waals surface area contributed by atoms with Crippen molar-refractivity contribution in [1.82, 2.24) is 5.32 Å². The Labute approximate surface area is 174 Å². The minimum atomic E-state index is -0.910. The van der Waals surface area contributed by atoms with E-state index in [1.165, 1.54) is 32.1 Å². The second kappa shape index (κ2) is 7.60. The molecule has 2 unspecified atom stereocenters. The molecule has 3 atom stereocenters. The maximum absolute atomic E-state index is 10.1. The first-order chi connectivity index (χ1) is 14.0. The first-order valence-corrected chi connectivity index (χ1v) is 11.7. The molecule has 0 spiro atoms. The lowest BCUT2D eigenvalue weighted by molar-refractivity contribution is -0.446. The van der Waals surface area contributed by atoms with Crippen molar-refractivity contribution in [2.75, 3.05) is 6.54 Å². The molecule has 5 heteroatoms. The van der Waals surface area contributed by atoms with Crippen molar-refractivity contribution in [2.24, 2.45) is 34.6 Å². The van der Waals surface area contributed by atoms with Gasteiger partial charge in [0.05, 0.1) is 5.60 Å². The summed E-state index contributed by atoms with van der Waals surface area (Å²) in [6.07, 6.45) is 16.1. The Balaban J connectivity index is 1.36. The molecule has 6 aliphatic rings. The zero-order chi connectivity index (χ0) is 20.1. The molecule has 29 heavy (non-hydrogen) atoms. The molecule has 4 bridgehead atoms. The number of rotatable bonds is 7. The summed E-state index contributed by atoms with van der Waals surface area (Å²) < 4.78 is 6.91. The summed E-state index contributed by atoms with van der Waals surface area (Å²) in [4.78, 5) is 10.1. The molecule has 1 saturated heterocycles. The molecule has 6 rings (SSSR count). The first-order valence-electron chi connectivity index (χ1n) is 11.7. The van der Waals surface area contributed by atoms with Gasteiger partial charge < -0.3 is 4.74 Å². The van der Waals surface area contributed by atoms with Crippen LogP contribution in [-0.2, 0) is 9.62 Å². The highest BCUT2D eigenvalue weighted by molar-refractivity contribution is 5.97. The highest BCUT2D eigenvalue weighted by atomic mass is 17.1. The maximum Gasteiger partial charge on any atom is 0.202 e. The molecule has 160 valence electrons. The van der Waals surface area contributed by atoms with Gasteiger partial charge in [-0.1, -0.05) is 18.7 Å². The number of nitrogens with one attached hydrogen (secondary N) is 1. The Hall–Kier alpha value is -1.01. The Kier molecular flexibility index (Phi) is 5.22. The van der Waals surface area contributed by atoms with Crippen LogP contribution >= 0.6 is 0 Å². The topological polar surface area (TPSA) is 73.0 Å². The molecule has 1 aliphatic heterocycles. The van der Waals surface area contributed by atoms with E-state index in [-0.39, 0.29) is 17.7 Å². The van der Waals surface area contributed by atoms with Crippen LogP contribution in [0.5, 0.6) is 0 Å². The van der Waals surface area contributed by atoms with Crippen molar-refractivity contribution in [3.05, 3.63) is 24.8 Å². The highest BCUT2D eigenvalue weighted by Gasteiger charge is 2.59. The molecule has 5 aliphatic carbocycles. The normalized spacial score (nSPS) is 49.0. The zero-order valence-corrected chi connectivity index (χ0v) is 17.7. The van der Waals surface area contributed by atoms with Gasteiger partial charge in [0.15, 0.2) is 0 Å². The van der Waals surface area contributed by atoms with E-state index in [0.29, 0.717) is 18.3 Å². The molecule has 6 fully saturated rings. The van der Waals surface area contributed by atoms with Gasteiger partial charge in [-0.25, -0.2) is 10.1 Å². The molecule has 2 N–H and O–H groups in total. The Morgan fingerprint density at radius 2 is 1.86 bits per heavy atom. The van der Waals surface area contributed by atoms with E-state index in [4.69, 9.17) is 14.6 Å². The van der Waals surface area contributed by atoms with E-state index < -0.39 is 5.79 Å². The molecule has 0 aromatic carbocycles. The minimum absolute atomic E-state index is 0.176.